The number of hydrogen-bond acceptors (Lipinski definition) is 3. The van der Waals surface area contributed by atoms with E-state index in [0.717, 1.165) is 5.57 Å². The molecule has 0 fully saturated rings. The van der Waals surface area contributed by atoms with Crippen LogP contribution in [0.2, 0.25) is 0 Å². The molecule has 0 saturated carbocycles. The summed E-state index contributed by atoms with van der Waals surface area (Å²) in [6.07, 6.45) is 6.35. The average molecular weight is 194 g/mol. The molecule has 0 saturated heterocycles. The van der Waals surface area contributed by atoms with Crippen molar-refractivity contribution in [2.75, 3.05) is 6.61 Å². The van der Waals surface area contributed by atoms with Crippen LogP contribution in [-0.4, -0.2) is 23.8 Å². The quantitative estimate of drug-likeness (QED) is 0.690. The van der Waals surface area contributed by atoms with Crippen LogP contribution in [0.1, 0.15) is 13.8 Å². The van der Waals surface area contributed by atoms with E-state index in [1.54, 1.807) is 31.2 Å². The van der Waals surface area contributed by atoms with Crippen LogP contribution >= 0.6 is 0 Å². The number of esters is 1. The van der Waals surface area contributed by atoms with Crippen LogP contribution in [0.3, 0.4) is 0 Å². The fraction of sp³-hybridized carbons (Fsp3) is 0.364. The van der Waals surface area contributed by atoms with Gasteiger partial charge in [-0.15, -0.1) is 0 Å². The number of cyclic esters (lactones) is 1. The second kappa shape index (κ2) is 4.77. The maximum absolute atomic E-state index is 11.2. The molecule has 1 N–H and O–H groups in total. The topological polar surface area (TPSA) is 46.5 Å². The Bertz CT molecular complexity index is 308. The van der Waals surface area contributed by atoms with Gasteiger partial charge in [-0.3, -0.25) is 0 Å². The van der Waals surface area contributed by atoms with Gasteiger partial charge in [0.15, 0.2) is 0 Å². The number of aliphatic hydroxyl groups is 1. The first-order chi connectivity index (χ1) is 6.65. The van der Waals surface area contributed by atoms with Gasteiger partial charge < -0.3 is 9.84 Å². The van der Waals surface area contributed by atoms with E-state index < -0.39 is 6.10 Å². The number of allylic oxidation sites excluding steroid dienone is 1. The first-order valence-corrected chi connectivity index (χ1v) is 4.54. The molecular weight excluding hydrogens is 180 g/mol. The number of carbonyl (C=O) groups excluding carboxylic acids is 1. The van der Waals surface area contributed by atoms with Gasteiger partial charge in [0.05, 0.1) is 11.7 Å². The third-order valence-corrected chi connectivity index (χ3v) is 1.83. The van der Waals surface area contributed by atoms with Crippen LogP contribution in [0.5, 0.6) is 0 Å². The Labute approximate surface area is 83.4 Å². The van der Waals surface area contributed by atoms with Crippen LogP contribution < -0.4 is 0 Å². The molecule has 1 aliphatic heterocycles. The van der Waals surface area contributed by atoms with Gasteiger partial charge in [-0.25, -0.2) is 4.79 Å². The Hall–Kier alpha value is -1.35. The highest BCUT2D eigenvalue weighted by atomic mass is 16.5. The second-order valence-corrected chi connectivity index (χ2v) is 3.11. The van der Waals surface area contributed by atoms with Crippen LogP contribution in [-0.2, 0) is 9.53 Å². The summed E-state index contributed by atoms with van der Waals surface area (Å²) in [7, 11) is 0. The van der Waals surface area contributed by atoms with Gasteiger partial charge in [0.1, 0.15) is 6.61 Å². The minimum Gasteiger partial charge on any atom is -0.457 e. The van der Waals surface area contributed by atoms with E-state index in [0.29, 0.717) is 12.2 Å². The molecule has 0 aromatic carbocycles. The molecule has 1 unspecified atom stereocenters. The lowest BCUT2D eigenvalue weighted by molar-refractivity contribution is -0.135. The lowest BCUT2D eigenvalue weighted by Gasteiger charge is -1.94. The van der Waals surface area contributed by atoms with Crippen molar-refractivity contribution in [2.45, 2.75) is 20.0 Å². The third-order valence-electron chi connectivity index (χ3n) is 1.83. The highest BCUT2D eigenvalue weighted by Gasteiger charge is 2.20. The molecule has 3 heteroatoms. The summed E-state index contributed by atoms with van der Waals surface area (Å²) in [5.41, 5.74) is 1.39. The molecule has 0 aliphatic carbocycles. The average Bonchev–Trinajstić information content (AvgIpc) is 2.46. The largest absolute Gasteiger partial charge is 0.457 e. The maximum atomic E-state index is 11.2. The first-order valence-electron chi connectivity index (χ1n) is 4.54. The van der Waals surface area contributed by atoms with E-state index in [-0.39, 0.29) is 5.97 Å². The number of carbonyl (C=O) groups is 1. The summed E-state index contributed by atoms with van der Waals surface area (Å²) < 4.78 is 4.87. The zero-order chi connectivity index (χ0) is 10.6. The standard InChI is InChI=1S/C11H14O3/c1-3-4-10-9(6-5-8(2)12)7-14-11(10)13/h3-6,8,12H,7H2,1-2H3. The fourth-order valence-corrected chi connectivity index (χ4v) is 1.16. The molecule has 76 valence electrons. The van der Waals surface area contributed by atoms with E-state index in [1.807, 2.05) is 6.92 Å². The summed E-state index contributed by atoms with van der Waals surface area (Å²) in [4.78, 5) is 11.2. The molecule has 0 spiro atoms. The smallest absolute Gasteiger partial charge is 0.338 e. The minimum atomic E-state index is -0.509. The van der Waals surface area contributed by atoms with Crippen molar-refractivity contribution in [3.63, 3.8) is 0 Å². The molecule has 1 heterocycles. The van der Waals surface area contributed by atoms with Gasteiger partial charge in [0.25, 0.3) is 0 Å². The van der Waals surface area contributed by atoms with Gasteiger partial charge in [-0.1, -0.05) is 24.3 Å². The van der Waals surface area contributed by atoms with Gasteiger partial charge in [-0.2, -0.15) is 0 Å². The van der Waals surface area contributed by atoms with Crippen LogP contribution in [0.15, 0.2) is 35.5 Å². The normalized spacial score (nSPS) is 19.8. The van der Waals surface area contributed by atoms with Crippen molar-refractivity contribution in [1.82, 2.24) is 0 Å². The molecule has 1 aliphatic rings. The Morgan fingerprint density at radius 2 is 2.21 bits per heavy atom. The Morgan fingerprint density at radius 1 is 1.50 bits per heavy atom. The number of ether oxygens (including phenoxy) is 1. The summed E-state index contributed by atoms with van der Waals surface area (Å²) in [6.45, 7) is 3.79. The van der Waals surface area contributed by atoms with Crippen molar-refractivity contribution in [3.05, 3.63) is 35.5 Å². The zero-order valence-corrected chi connectivity index (χ0v) is 8.36. The van der Waals surface area contributed by atoms with Gasteiger partial charge in [0, 0.05) is 5.57 Å². The van der Waals surface area contributed by atoms with Gasteiger partial charge in [-0.05, 0) is 13.8 Å². The van der Waals surface area contributed by atoms with Crippen molar-refractivity contribution in [3.8, 4) is 0 Å². The molecule has 0 amide bonds. The first kappa shape index (κ1) is 10.7. The maximum Gasteiger partial charge on any atom is 0.338 e. The number of aliphatic hydroxyl groups excluding tert-OH is 1. The zero-order valence-electron chi connectivity index (χ0n) is 8.36. The van der Waals surface area contributed by atoms with E-state index in [2.05, 4.69) is 0 Å². The van der Waals surface area contributed by atoms with Crippen LogP contribution in [0.4, 0.5) is 0 Å². The van der Waals surface area contributed by atoms with E-state index >= 15 is 0 Å². The highest BCUT2D eigenvalue weighted by Crippen LogP contribution is 2.18. The molecule has 3 nitrogen and oxygen atoms in total. The Kier molecular flexibility index (Phi) is 3.65. The molecule has 1 rings (SSSR count). The molecule has 14 heavy (non-hydrogen) atoms. The number of rotatable bonds is 3. The summed E-state index contributed by atoms with van der Waals surface area (Å²) in [6, 6.07) is 0. The molecule has 0 aromatic rings. The number of hydrogen-bond donors (Lipinski definition) is 1. The second-order valence-electron chi connectivity index (χ2n) is 3.11. The molecule has 1 atom stereocenters. The lowest BCUT2D eigenvalue weighted by atomic mass is 10.1. The Balaban J connectivity index is 2.88. The molecule has 0 bridgehead atoms. The van der Waals surface area contributed by atoms with Gasteiger partial charge in [0.2, 0.25) is 0 Å². The Morgan fingerprint density at radius 3 is 2.79 bits per heavy atom. The summed E-state index contributed by atoms with van der Waals surface area (Å²) >= 11 is 0. The van der Waals surface area contributed by atoms with Crippen molar-refractivity contribution in [1.29, 1.82) is 0 Å². The fourth-order valence-electron chi connectivity index (χ4n) is 1.16. The van der Waals surface area contributed by atoms with Crippen LogP contribution in [0, 0.1) is 0 Å². The van der Waals surface area contributed by atoms with Crippen molar-refractivity contribution < 1.29 is 14.6 Å². The van der Waals surface area contributed by atoms with E-state index in [4.69, 9.17) is 9.84 Å². The minimum absolute atomic E-state index is 0.293. The highest BCUT2D eigenvalue weighted by molar-refractivity contribution is 5.95. The van der Waals surface area contributed by atoms with Crippen molar-refractivity contribution in [2.24, 2.45) is 0 Å². The predicted octanol–water partition coefficient (Wildman–Crippen LogP) is 1.35. The van der Waals surface area contributed by atoms with E-state index in [1.165, 1.54) is 0 Å². The molecule has 0 radical (unpaired) electrons. The monoisotopic (exact) mass is 194 g/mol. The third kappa shape index (κ3) is 2.57. The SMILES string of the molecule is CC=CC1=C(C=CC(C)O)COC1=O. The van der Waals surface area contributed by atoms with Crippen molar-refractivity contribution >= 4 is 5.97 Å². The summed E-state index contributed by atoms with van der Waals surface area (Å²) in [5, 5.41) is 9.04. The summed E-state index contributed by atoms with van der Waals surface area (Å²) in [5.74, 6) is -0.298. The van der Waals surface area contributed by atoms with Gasteiger partial charge >= 0.3 is 5.97 Å². The van der Waals surface area contributed by atoms with Crippen LogP contribution in [0.25, 0.3) is 0 Å². The predicted molar refractivity (Wildman–Crippen MR) is 53.6 cm³/mol. The van der Waals surface area contributed by atoms with E-state index in [9.17, 15) is 4.79 Å². The molecular formula is C11H14O3. The lowest BCUT2D eigenvalue weighted by Crippen LogP contribution is -1.96. The molecule has 0 aromatic heterocycles.